The molecule has 0 spiro atoms. The number of hydrogen-bond donors (Lipinski definition) is 2. The van der Waals surface area contributed by atoms with Gasteiger partial charge in [0.1, 0.15) is 0 Å². The van der Waals surface area contributed by atoms with Crippen molar-refractivity contribution >= 4 is 13.5 Å². The Labute approximate surface area is 540 Å². The minimum Gasteiger partial charge on any atom is -0.396 e. The van der Waals surface area contributed by atoms with Gasteiger partial charge in [-0.3, -0.25) is 4.90 Å². The molecule has 4 aliphatic rings. The SMILES string of the molecule is CC(C)(CCN1CCC(CCO)CC1)c1ccccc1.CC(C)(CCN1CCC(CO)CC1)c1ccc(C(F)(F)F)cc1.COCCOCCC1CCN(CCC(C)(C)c2ccc(C)cc2)CC1.COC[C@@H]1CCCN1CCC(C)(C)c1ccccc1.S. The average Bonchev–Trinajstić information content (AvgIpc) is 2.54. The summed E-state index contributed by atoms with van der Waals surface area (Å²) in [5.41, 5.74) is 6.63. The van der Waals surface area contributed by atoms with Crippen molar-refractivity contribution in [3.8, 4) is 0 Å². The Morgan fingerprint density at radius 1 is 0.443 bits per heavy atom. The Hall–Kier alpha value is -3.34. The molecule has 0 bridgehead atoms. The second kappa shape index (κ2) is 39.3. The van der Waals surface area contributed by atoms with E-state index in [4.69, 9.17) is 24.4 Å². The van der Waals surface area contributed by atoms with Gasteiger partial charge < -0.3 is 39.1 Å². The third kappa shape index (κ3) is 27.5. The van der Waals surface area contributed by atoms with Crippen molar-refractivity contribution < 1.29 is 37.6 Å². The Morgan fingerprint density at radius 3 is 1.23 bits per heavy atom. The van der Waals surface area contributed by atoms with Crippen molar-refractivity contribution in [2.75, 3.05) is 126 Å². The maximum Gasteiger partial charge on any atom is 0.416 e. The molecular formula is C75H121F3N4O5S. The Bertz CT molecular complexity index is 2400. The van der Waals surface area contributed by atoms with E-state index in [1.165, 1.54) is 151 Å². The number of aliphatic hydroxyl groups excluding tert-OH is 2. The van der Waals surface area contributed by atoms with Crippen LogP contribution < -0.4 is 0 Å². The molecule has 4 fully saturated rings. The number of alkyl halides is 3. The van der Waals surface area contributed by atoms with E-state index in [1.54, 1.807) is 19.2 Å². The zero-order valence-electron chi connectivity index (χ0n) is 56.7. The minimum atomic E-state index is -4.28. The average molecular weight is 1250 g/mol. The van der Waals surface area contributed by atoms with Crippen LogP contribution in [-0.2, 0) is 42.0 Å². The van der Waals surface area contributed by atoms with Crippen LogP contribution in [0.5, 0.6) is 0 Å². The first kappa shape index (κ1) is 77.1. The van der Waals surface area contributed by atoms with Crippen molar-refractivity contribution in [3.05, 3.63) is 143 Å². The molecule has 88 heavy (non-hydrogen) atoms. The molecular weight excluding hydrogens is 1130 g/mol. The summed E-state index contributed by atoms with van der Waals surface area (Å²) < 4.78 is 53.9. The first-order chi connectivity index (χ1) is 41.5. The quantitative estimate of drug-likeness (QED) is 0.0568. The number of piperidine rings is 3. The molecule has 4 aliphatic heterocycles. The molecule has 4 heterocycles. The van der Waals surface area contributed by atoms with E-state index in [0.29, 0.717) is 25.2 Å². The summed E-state index contributed by atoms with van der Waals surface area (Å²) in [6.45, 7) is 36.9. The first-order valence-corrected chi connectivity index (χ1v) is 33.5. The van der Waals surface area contributed by atoms with Crippen LogP contribution in [0.4, 0.5) is 13.2 Å². The van der Waals surface area contributed by atoms with Gasteiger partial charge in [-0.2, -0.15) is 26.7 Å². The topological polar surface area (TPSA) is 81.1 Å². The molecule has 8 rings (SSSR count). The van der Waals surface area contributed by atoms with Crippen LogP contribution in [-0.4, -0.2) is 162 Å². The molecule has 0 saturated carbocycles. The Morgan fingerprint density at radius 2 is 0.830 bits per heavy atom. The molecule has 9 nitrogen and oxygen atoms in total. The fraction of sp³-hybridized carbons (Fsp3) is 0.680. The van der Waals surface area contributed by atoms with Gasteiger partial charge in [-0.15, -0.1) is 0 Å². The molecule has 1 atom stereocenters. The van der Waals surface area contributed by atoms with Gasteiger partial charge in [0.25, 0.3) is 0 Å². The van der Waals surface area contributed by atoms with Gasteiger partial charge in [-0.25, -0.2) is 0 Å². The molecule has 4 aromatic rings. The summed E-state index contributed by atoms with van der Waals surface area (Å²) in [7, 11) is 3.53. The number of likely N-dealkylation sites (tertiary alicyclic amines) is 4. The predicted octanol–water partition coefficient (Wildman–Crippen LogP) is 15.5. The first-order valence-electron chi connectivity index (χ1n) is 33.5. The third-order valence-electron chi connectivity index (χ3n) is 20.0. The Balaban J connectivity index is 0.000000251. The van der Waals surface area contributed by atoms with Crippen molar-refractivity contribution in [3.63, 3.8) is 0 Å². The highest BCUT2D eigenvalue weighted by Gasteiger charge is 2.33. The molecule has 0 radical (unpaired) electrons. The normalized spacial score (nSPS) is 18.3. The fourth-order valence-electron chi connectivity index (χ4n) is 12.8. The van der Waals surface area contributed by atoms with Gasteiger partial charge >= 0.3 is 6.18 Å². The lowest BCUT2D eigenvalue weighted by atomic mass is 9.81. The molecule has 498 valence electrons. The number of benzene rings is 4. The molecule has 4 saturated heterocycles. The smallest absolute Gasteiger partial charge is 0.396 e. The zero-order chi connectivity index (χ0) is 63.4. The van der Waals surface area contributed by atoms with E-state index >= 15 is 0 Å². The van der Waals surface area contributed by atoms with E-state index in [0.717, 1.165) is 82.5 Å². The number of ether oxygens (including phenoxy) is 3. The van der Waals surface area contributed by atoms with Gasteiger partial charge in [-0.1, -0.05) is 158 Å². The maximum atomic E-state index is 12.6. The minimum absolute atomic E-state index is 0. The van der Waals surface area contributed by atoms with Gasteiger partial charge in [-0.05, 0) is 243 Å². The molecule has 0 aliphatic carbocycles. The number of aryl methyl sites for hydroxylation is 1. The van der Waals surface area contributed by atoms with Crippen LogP contribution >= 0.6 is 13.5 Å². The van der Waals surface area contributed by atoms with Crippen LogP contribution in [0.3, 0.4) is 0 Å². The molecule has 0 amide bonds. The van der Waals surface area contributed by atoms with Crippen LogP contribution in [0.25, 0.3) is 0 Å². The van der Waals surface area contributed by atoms with Crippen molar-refractivity contribution in [1.82, 2.24) is 19.6 Å². The number of halogens is 3. The van der Waals surface area contributed by atoms with Crippen LogP contribution in [0, 0.1) is 24.7 Å². The Kier molecular flexibility index (Phi) is 34.4. The third-order valence-corrected chi connectivity index (χ3v) is 20.0. The zero-order valence-corrected chi connectivity index (χ0v) is 57.7. The number of methoxy groups -OCH3 is 2. The van der Waals surface area contributed by atoms with Crippen LogP contribution in [0.1, 0.15) is 179 Å². The molecule has 2 N–H and O–H groups in total. The summed E-state index contributed by atoms with van der Waals surface area (Å²) in [5.74, 6) is 2.01. The standard InChI is InChI=1S/C22H37NO2.C18H26F3NO.C18H29NO.C17H27NO.H2S/c1-19-5-7-21(8-6-19)22(2,3)12-15-23-13-9-20(10-14-23)11-16-25-18-17-24-4;1-17(2,9-12-22-10-7-14(13-23)8-11-22)15-3-5-16(6-4-15)18(19,20)21;1-18(2,17-6-4-3-5-7-17)11-14-19-12-8-16(9-13-19)10-15-20;1-17(2,15-8-5-4-6-9-15)11-13-18-12-7-10-16(18)14-19-3;/h5-8,20H,9-18H2,1-4H3;3-6,14,23H,7-13H2,1-2H3;3-7,16,20H,8-15H2,1-2H3;4-6,8-9,16H,7,10-14H2,1-3H3;1H2/t;;;16-;/m...0./s1. The monoisotopic (exact) mass is 1250 g/mol. The van der Waals surface area contributed by atoms with Gasteiger partial charge in [0.2, 0.25) is 0 Å². The second-order valence-electron chi connectivity index (χ2n) is 28.4. The maximum absolute atomic E-state index is 12.6. The molecule has 4 aromatic carbocycles. The van der Waals surface area contributed by atoms with Crippen molar-refractivity contribution in [2.45, 2.75) is 186 Å². The highest BCUT2D eigenvalue weighted by molar-refractivity contribution is 7.59. The second-order valence-corrected chi connectivity index (χ2v) is 28.4. The molecule has 0 aromatic heterocycles. The van der Waals surface area contributed by atoms with Gasteiger partial charge in [0, 0.05) is 40.1 Å². The van der Waals surface area contributed by atoms with Crippen molar-refractivity contribution in [2.24, 2.45) is 17.8 Å². The summed E-state index contributed by atoms with van der Waals surface area (Å²) in [4.78, 5) is 10.2. The lowest BCUT2D eigenvalue weighted by Crippen LogP contribution is -2.37. The van der Waals surface area contributed by atoms with Gasteiger partial charge in [0.15, 0.2) is 0 Å². The number of hydrogen-bond acceptors (Lipinski definition) is 9. The molecule has 0 unspecified atom stereocenters. The highest BCUT2D eigenvalue weighted by Crippen LogP contribution is 2.35. The number of nitrogens with zero attached hydrogens (tertiary/aromatic N) is 4. The van der Waals surface area contributed by atoms with E-state index < -0.39 is 11.7 Å². The summed E-state index contributed by atoms with van der Waals surface area (Å²) in [6, 6.07) is 36.9. The van der Waals surface area contributed by atoms with Gasteiger partial charge in [0.05, 0.1) is 25.4 Å². The largest absolute Gasteiger partial charge is 0.416 e. The van der Waals surface area contributed by atoms with E-state index in [1.807, 2.05) is 7.11 Å². The number of aliphatic hydroxyl groups is 2. The summed E-state index contributed by atoms with van der Waals surface area (Å²) in [6.07, 6.45) is 12.3. The van der Waals surface area contributed by atoms with E-state index in [9.17, 15) is 13.2 Å². The van der Waals surface area contributed by atoms with Crippen molar-refractivity contribution in [1.29, 1.82) is 0 Å². The predicted molar refractivity (Wildman–Crippen MR) is 367 cm³/mol. The highest BCUT2D eigenvalue weighted by atomic mass is 32.1. The molecule has 13 heteroatoms. The number of rotatable bonds is 27. The fourth-order valence-corrected chi connectivity index (χ4v) is 12.8. The van der Waals surface area contributed by atoms with E-state index in [2.05, 4.69) is 167 Å². The lowest BCUT2D eigenvalue weighted by Gasteiger charge is -2.34. The van der Waals surface area contributed by atoms with E-state index in [-0.39, 0.29) is 41.8 Å². The lowest BCUT2D eigenvalue weighted by molar-refractivity contribution is -0.137. The van der Waals surface area contributed by atoms with Crippen LogP contribution in [0.15, 0.2) is 109 Å². The summed E-state index contributed by atoms with van der Waals surface area (Å²) >= 11 is 0. The summed E-state index contributed by atoms with van der Waals surface area (Å²) in [5, 5.41) is 18.2. The van der Waals surface area contributed by atoms with Crippen LogP contribution in [0.2, 0.25) is 0 Å².